The lowest BCUT2D eigenvalue weighted by Gasteiger charge is -2.22. The first-order valence-corrected chi connectivity index (χ1v) is 18.5. The molecule has 1 aliphatic carbocycles. The summed E-state index contributed by atoms with van der Waals surface area (Å²) in [6, 6.07) is 58.3. The number of hydrogen-bond acceptors (Lipinski definition) is 4. The summed E-state index contributed by atoms with van der Waals surface area (Å²) in [5, 5.41) is 2.56. The largest absolute Gasteiger partial charge is 0.208 e. The van der Waals surface area contributed by atoms with Gasteiger partial charge in [-0.05, 0) is 56.6 Å². The molecule has 1 aliphatic rings. The highest BCUT2D eigenvalue weighted by molar-refractivity contribution is 7.26. The Morgan fingerprint density at radius 1 is 0.365 bits per heavy atom. The first-order valence-electron chi connectivity index (χ1n) is 17.7. The van der Waals surface area contributed by atoms with Crippen LogP contribution in [0.1, 0.15) is 25.0 Å². The lowest BCUT2D eigenvalue weighted by molar-refractivity contribution is 0.660. The maximum absolute atomic E-state index is 5.00. The van der Waals surface area contributed by atoms with E-state index in [1.165, 1.54) is 59.1 Å². The number of nitrogens with zero attached hydrogens (tertiary/aromatic N) is 3. The van der Waals surface area contributed by atoms with E-state index in [2.05, 4.69) is 117 Å². The molecule has 7 aromatic carbocycles. The van der Waals surface area contributed by atoms with Crippen molar-refractivity contribution < 1.29 is 0 Å². The van der Waals surface area contributed by atoms with E-state index in [4.69, 9.17) is 15.0 Å². The van der Waals surface area contributed by atoms with Crippen molar-refractivity contribution in [1.29, 1.82) is 0 Å². The third kappa shape index (κ3) is 4.90. The second kappa shape index (κ2) is 11.9. The molecule has 4 heteroatoms. The summed E-state index contributed by atoms with van der Waals surface area (Å²) in [6.07, 6.45) is 0. The molecular formula is C48H33N3S. The molecule has 0 atom stereocenters. The van der Waals surface area contributed by atoms with Crippen molar-refractivity contribution >= 4 is 31.5 Å². The molecule has 0 aliphatic heterocycles. The maximum Gasteiger partial charge on any atom is 0.164 e. The number of benzene rings is 7. The van der Waals surface area contributed by atoms with Crippen LogP contribution in [0.3, 0.4) is 0 Å². The number of thiophene rings is 1. The molecule has 2 aromatic heterocycles. The van der Waals surface area contributed by atoms with Gasteiger partial charge in [-0.3, -0.25) is 0 Å². The van der Waals surface area contributed by atoms with Crippen molar-refractivity contribution in [2.75, 3.05) is 0 Å². The van der Waals surface area contributed by atoms with E-state index in [0.29, 0.717) is 17.5 Å². The summed E-state index contributed by atoms with van der Waals surface area (Å²) in [5.74, 6) is 1.97. The van der Waals surface area contributed by atoms with Gasteiger partial charge in [-0.25, -0.2) is 15.0 Å². The van der Waals surface area contributed by atoms with Gasteiger partial charge < -0.3 is 0 Å². The summed E-state index contributed by atoms with van der Waals surface area (Å²) in [4.78, 5) is 14.9. The highest BCUT2D eigenvalue weighted by Crippen LogP contribution is 2.51. The Morgan fingerprint density at radius 2 is 0.827 bits per heavy atom. The molecule has 0 saturated carbocycles. The molecule has 2 heterocycles. The Balaban J connectivity index is 1.09. The van der Waals surface area contributed by atoms with E-state index in [0.717, 1.165) is 22.3 Å². The average molecular weight is 684 g/mol. The minimum Gasteiger partial charge on any atom is -0.208 e. The molecular weight excluding hydrogens is 651 g/mol. The monoisotopic (exact) mass is 683 g/mol. The highest BCUT2D eigenvalue weighted by Gasteiger charge is 2.35. The topological polar surface area (TPSA) is 38.7 Å². The molecule has 0 spiro atoms. The quantitative estimate of drug-likeness (QED) is 0.181. The zero-order valence-corrected chi connectivity index (χ0v) is 29.7. The van der Waals surface area contributed by atoms with E-state index < -0.39 is 0 Å². The standard InChI is InChI=1S/C48H33N3S/c1-48(2)41-25-10-9-20-37(41)38-27-26-33(29-42(38)48)36-22-13-24-40-39-23-12-21-35(43(39)52-44(36)40)32-18-11-19-34(28-32)47-50-45(30-14-5-3-6-15-30)49-46(51-47)31-16-7-4-8-17-31/h3-29H,1-2H3. The molecule has 0 bridgehead atoms. The van der Waals surface area contributed by atoms with Crippen LogP contribution >= 0.6 is 11.3 Å². The van der Waals surface area contributed by atoms with Gasteiger partial charge in [0.2, 0.25) is 0 Å². The second-order valence-electron chi connectivity index (χ2n) is 14.0. The smallest absolute Gasteiger partial charge is 0.164 e. The van der Waals surface area contributed by atoms with Crippen molar-refractivity contribution in [1.82, 2.24) is 15.0 Å². The SMILES string of the molecule is CC1(C)c2ccccc2-c2ccc(-c3cccc4c3sc3c(-c5cccc(-c6nc(-c7ccccc7)nc(-c7ccccc7)n6)c5)cccc34)cc21. The fourth-order valence-electron chi connectivity index (χ4n) is 7.91. The lowest BCUT2D eigenvalue weighted by Crippen LogP contribution is -2.14. The van der Waals surface area contributed by atoms with Gasteiger partial charge in [0.25, 0.3) is 0 Å². The molecule has 0 N–H and O–H groups in total. The second-order valence-corrected chi connectivity index (χ2v) is 15.0. The predicted molar refractivity (Wildman–Crippen MR) is 217 cm³/mol. The Morgan fingerprint density at radius 3 is 1.46 bits per heavy atom. The minimum atomic E-state index is -0.0452. The van der Waals surface area contributed by atoms with Crippen molar-refractivity contribution in [3.05, 3.63) is 175 Å². The zero-order chi connectivity index (χ0) is 34.8. The Labute approximate surface area is 307 Å². The van der Waals surface area contributed by atoms with Crippen molar-refractivity contribution in [3.8, 4) is 67.5 Å². The first-order chi connectivity index (χ1) is 25.5. The Bertz CT molecular complexity index is 2760. The van der Waals surface area contributed by atoms with Crippen LogP contribution < -0.4 is 0 Å². The minimum absolute atomic E-state index is 0.0452. The molecule has 0 amide bonds. The summed E-state index contributed by atoms with van der Waals surface area (Å²) in [7, 11) is 0. The Kier molecular flexibility index (Phi) is 7.02. The number of hydrogen-bond donors (Lipinski definition) is 0. The van der Waals surface area contributed by atoms with E-state index in [1.54, 1.807) is 0 Å². The number of aromatic nitrogens is 3. The van der Waals surface area contributed by atoms with Gasteiger partial charge in [-0.15, -0.1) is 11.3 Å². The molecule has 246 valence electrons. The fourth-order valence-corrected chi connectivity index (χ4v) is 9.28. The van der Waals surface area contributed by atoms with Crippen LogP contribution in [0, 0.1) is 0 Å². The molecule has 10 rings (SSSR count). The van der Waals surface area contributed by atoms with Crippen LogP contribution in [0.5, 0.6) is 0 Å². The van der Waals surface area contributed by atoms with Crippen LogP contribution in [-0.2, 0) is 5.41 Å². The van der Waals surface area contributed by atoms with Crippen molar-refractivity contribution in [2.24, 2.45) is 0 Å². The molecule has 9 aromatic rings. The summed E-state index contributed by atoms with van der Waals surface area (Å²) in [5.41, 5.74) is 13.2. The molecule has 0 radical (unpaired) electrons. The first kappa shape index (κ1) is 30.6. The van der Waals surface area contributed by atoms with Gasteiger partial charge in [-0.1, -0.05) is 166 Å². The van der Waals surface area contributed by atoms with Gasteiger partial charge in [0.05, 0.1) is 0 Å². The van der Waals surface area contributed by atoms with Crippen LogP contribution in [0.4, 0.5) is 0 Å². The van der Waals surface area contributed by atoms with Gasteiger partial charge >= 0.3 is 0 Å². The summed E-state index contributed by atoms with van der Waals surface area (Å²) >= 11 is 1.88. The normalized spacial score (nSPS) is 13.0. The van der Waals surface area contributed by atoms with E-state index in [-0.39, 0.29) is 5.41 Å². The predicted octanol–water partition coefficient (Wildman–Crippen LogP) is 12.9. The van der Waals surface area contributed by atoms with E-state index >= 15 is 0 Å². The Hall–Kier alpha value is -6.23. The summed E-state index contributed by atoms with van der Waals surface area (Å²) in [6.45, 7) is 4.70. The van der Waals surface area contributed by atoms with E-state index in [1.807, 2.05) is 72.0 Å². The van der Waals surface area contributed by atoms with Crippen LogP contribution in [0.25, 0.3) is 87.7 Å². The third-order valence-corrected chi connectivity index (χ3v) is 11.8. The zero-order valence-electron chi connectivity index (χ0n) is 28.8. The van der Waals surface area contributed by atoms with Gasteiger partial charge in [0.1, 0.15) is 0 Å². The molecule has 3 nitrogen and oxygen atoms in total. The summed E-state index contributed by atoms with van der Waals surface area (Å²) < 4.78 is 2.59. The third-order valence-electron chi connectivity index (χ3n) is 10.6. The van der Waals surface area contributed by atoms with E-state index in [9.17, 15) is 0 Å². The molecule has 0 saturated heterocycles. The van der Waals surface area contributed by atoms with Crippen LogP contribution in [-0.4, -0.2) is 15.0 Å². The van der Waals surface area contributed by atoms with Gasteiger partial charge in [0, 0.05) is 42.3 Å². The average Bonchev–Trinajstić information content (AvgIpc) is 3.70. The lowest BCUT2D eigenvalue weighted by atomic mass is 9.81. The fraction of sp³-hybridized carbons (Fsp3) is 0.0625. The van der Waals surface area contributed by atoms with Crippen molar-refractivity contribution in [2.45, 2.75) is 19.3 Å². The molecule has 0 unspecified atom stereocenters. The van der Waals surface area contributed by atoms with Crippen LogP contribution in [0.15, 0.2) is 164 Å². The van der Waals surface area contributed by atoms with Gasteiger partial charge in [-0.2, -0.15) is 0 Å². The highest BCUT2D eigenvalue weighted by atomic mass is 32.1. The maximum atomic E-state index is 5.00. The van der Waals surface area contributed by atoms with Crippen molar-refractivity contribution in [3.63, 3.8) is 0 Å². The number of fused-ring (bicyclic) bond motifs is 6. The van der Waals surface area contributed by atoms with Crippen LogP contribution in [0.2, 0.25) is 0 Å². The van der Waals surface area contributed by atoms with Gasteiger partial charge in [0.15, 0.2) is 17.5 Å². The molecule has 52 heavy (non-hydrogen) atoms. The molecule has 0 fully saturated rings. The number of rotatable bonds is 5.